The van der Waals surface area contributed by atoms with Crippen LogP contribution in [0.3, 0.4) is 0 Å². The number of nitrogens with zero attached hydrogens (tertiary/aromatic N) is 4. The minimum absolute atomic E-state index is 0.278. The summed E-state index contributed by atoms with van der Waals surface area (Å²) in [5, 5.41) is 12.4. The van der Waals surface area contributed by atoms with Crippen LogP contribution in [0, 0.1) is 5.82 Å². The lowest BCUT2D eigenvalue weighted by atomic mass is 10.3. The summed E-state index contributed by atoms with van der Waals surface area (Å²) in [7, 11) is 0. The summed E-state index contributed by atoms with van der Waals surface area (Å²) in [5.74, 6) is -0.278. The zero-order valence-corrected chi connectivity index (χ0v) is 10.4. The molecule has 0 spiro atoms. The maximum Gasteiger partial charge on any atom is 0.151 e. The largest absolute Gasteiger partial charge is 0.240 e. The van der Waals surface area contributed by atoms with Crippen molar-refractivity contribution in [1.29, 1.82) is 0 Å². The molecule has 0 fully saturated rings. The number of benzene rings is 1. The highest BCUT2D eigenvalue weighted by atomic mass is 35.5. The molecule has 2 heterocycles. The van der Waals surface area contributed by atoms with Crippen LogP contribution in [0.25, 0.3) is 17.1 Å². The Morgan fingerprint density at radius 3 is 2.37 bits per heavy atom. The van der Waals surface area contributed by atoms with E-state index in [-0.39, 0.29) is 5.82 Å². The third-order valence-electron chi connectivity index (χ3n) is 2.57. The fourth-order valence-electron chi connectivity index (χ4n) is 1.65. The molecule has 0 amide bonds. The lowest BCUT2D eigenvalue weighted by Crippen LogP contribution is -1.95. The molecule has 0 N–H and O–H groups in total. The maximum absolute atomic E-state index is 12.8. The Morgan fingerprint density at radius 1 is 0.895 bits per heavy atom. The first-order chi connectivity index (χ1) is 9.22. The maximum atomic E-state index is 12.8. The van der Waals surface area contributed by atoms with E-state index >= 15 is 0 Å². The summed E-state index contributed by atoms with van der Waals surface area (Å²) in [6.45, 7) is 0. The predicted octanol–water partition coefficient (Wildman–Crippen LogP) is 3.12. The predicted molar refractivity (Wildman–Crippen MR) is 69.6 cm³/mol. The lowest BCUT2D eigenvalue weighted by molar-refractivity contribution is 0.627. The lowest BCUT2D eigenvalue weighted by Gasteiger charge is -2.00. The third kappa shape index (κ3) is 2.46. The summed E-state index contributed by atoms with van der Waals surface area (Å²) in [6, 6.07) is 11.3. The van der Waals surface area contributed by atoms with Gasteiger partial charge in [0.25, 0.3) is 0 Å². The monoisotopic (exact) mass is 274 g/mol. The smallest absolute Gasteiger partial charge is 0.151 e. The van der Waals surface area contributed by atoms with Crippen LogP contribution in [0.5, 0.6) is 0 Å². The normalized spacial score (nSPS) is 10.6. The van der Waals surface area contributed by atoms with Crippen molar-refractivity contribution in [2.24, 2.45) is 0 Å². The number of hydrogen-bond acceptors (Lipinski definition) is 3. The van der Waals surface area contributed by atoms with Crippen LogP contribution in [-0.4, -0.2) is 20.0 Å². The molecule has 0 unspecified atom stereocenters. The van der Waals surface area contributed by atoms with E-state index < -0.39 is 0 Å². The van der Waals surface area contributed by atoms with Gasteiger partial charge in [0.1, 0.15) is 17.2 Å². The second kappa shape index (κ2) is 4.78. The van der Waals surface area contributed by atoms with Crippen molar-refractivity contribution < 1.29 is 4.39 Å². The molecule has 94 valence electrons. The molecule has 3 rings (SSSR count). The van der Waals surface area contributed by atoms with E-state index in [1.54, 1.807) is 41.2 Å². The Kier molecular flexibility index (Phi) is 2.97. The summed E-state index contributed by atoms with van der Waals surface area (Å²) in [4.78, 5) is 0. The van der Waals surface area contributed by atoms with Gasteiger partial charge in [-0.1, -0.05) is 11.6 Å². The molecular weight excluding hydrogens is 267 g/mol. The minimum atomic E-state index is -0.278. The molecule has 0 saturated carbocycles. The van der Waals surface area contributed by atoms with Crippen molar-refractivity contribution in [3.8, 4) is 17.1 Å². The Morgan fingerprint density at radius 2 is 1.68 bits per heavy atom. The molecule has 3 aromatic rings. The number of halogens is 2. The SMILES string of the molecule is Fc1ccc(-n2ccc(-c3ccc(Cl)nn3)n2)cc1. The van der Waals surface area contributed by atoms with Crippen molar-refractivity contribution in [3.63, 3.8) is 0 Å². The highest BCUT2D eigenvalue weighted by molar-refractivity contribution is 6.29. The van der Waals surface area contributed by atoms with Crippen LogP contribution in [0.4, 0.5) is 4.39 Å². The Balaban J connectivity index is 1.95. The average molecular weight is 275 g/mol. The molecule has 19 heavy (non-hydrogen) atoms. The van der Waals surface area contributed by atoms with Crippen LogP contribution >= 0.6 is 11.6 Å². The molecule has 0 radical (unpaired) electrons. The van der Waals surface area contributed by atoms with Crippen LogP contribution in [-0.2, 0) is 0 Å². The van der Waals surface area contributed by atoms with Gasteiger partial charge in [-0.15, -0.1) is 10.2 Å². The van der Waals surface area contributed by atoms with Crippen molar-refractivity contribution in [2.75, 3.05) is 0 Å². The fourth-order valence-corrected chi connectivity index (χ4v) is 1.75. The summed E-state index contributed by atoms with van der Waals surface area (Å²) in [5.41, 5.74) is 2.08. The molecule has 6 heteroatoms. The summed E-state index contributed by atoms with van der Waals surface area (Å²) in [6.07, 6.45) is 1.78. The number of hydrogen-bond donors (Lipinski definition) is 0. The fraction of sp³-hybridized carbons (Fsp3) is 0. The van der Waals surface area contributed by atoms with E-state index in [9.17, 15) is 4.39 Å². The van der Waals surface area contributed by atoms with Gasteiger partial charge in [-0.2, -0.15) is 5.10 Å². The quantitative estimate of drug-likeness (QED) is 0.721. The topological polar surface area (TPSA) is 43.6 Å². The Labute approximate surface area is 113 Å². The average Bonchev–Trinajstić information content (AvgIpc) is 2.90. The first-order valence-corrected chi connectivity index (χ1v) is 5.91. The van der Waals surface area contributed by atoms with Gasteiger partial charge in [0.15, 0.2) is 5.15 Å². The summed E-state index contributed by atoms with van der Waals surface area (Å²) < 4.78 is 14.5. The van der Waals surface area contributed by atoms with Crippen LogP contribution < -0.4 is 0 Å². The van der Waals surface area contributed by atoms with Gasteiger partial charge in [-0.3, -0.25) is 0 Å². The zero-order chi connectivity index (χ0) is 13.2. The molecule has 0 saturated heterocycles. The highest BCUT2D eigenvalue weighted by Crippen LogP contribution is 2.17. The molecule has 0 aliphatic rings. The zero-order valence-electron chi connectivity index (χ0n) is 9.66. The molecule has 0 aliphatic carbocycles. The second-order valence-electron chi connectivity index (χ2n) is 3.86. The molecule has 1 aromatic carbocycles. The van der Waals surface area contributed by atoms with Gasteiger partial charge in [-0.25, -0.2) is 9.07 Å². The van der Waals surface area contributed by atoms with Crippen LogP contribution in [0.1, 0.15) is 0 Å². The molecule has 2 aromatic heterocycles. The summed E-state index contributed by atoms with van der Waals surface area (Å²) >= 11 is 5.68. The van der Waals surface area contributed by atoms with Crippen molar-refractivity contribution >= 4 is 11.6 Å². The van der Waals surface area contributed by atoms with E-state index in [2.05, 4.69) is 15.3 Å². The van der Waals surface area contributed by atoms with E-state index in [4.69, 9.17) is 11.6 Å². The number of aromatic nitrogens is 4. The molecular formula is C13H8ClFN4. The van der Waals surface area contributed by atoms with Gasteiger partial charge in [-0.05, 0) is 42.5 Å². The van der Waals surface area contributed by atoms with Crippen molar-refractivity contribution in [3.05, 3.63) is 59.6 Å². The minimum Gasteiger partial charge on any atom is -0.240 e. The third-order valence-corrected chi connectivity index (χ3v) is 2.78. The highest BCUT2D eigenvalue weighted by Gasteiger charge is 2.06. The first-order valence-electron chi connectivity index (χ1n) is 5.53. The van der Waals surface area contributed by atoms with Crippen LogP contribution in [0.2, 0.25) is 5.15 Å². The van der Waals surface area contributed by atoms with E-state index in [1.165, 1.54) is 12.1 Å². The first kappa shape index (κ1) is 11.8. The van der Waals surface area contributed by atoms with E-state index in [0.29, 0.717) is 16.5 Å². The van der Waals surface area contributed by atoms with Crippen molar-refractivity contribution in [1.82, 2.24) is 20.0 Å². The Bertz CT molecular complexity index is 631. The van der Waals surface area contributed by atoms with Crippen molar-refractivity contribution in [2.45, 2.75) is 0 Å². The second-order valence-corrected chi connectivity index (χ2v) is 4.25. The van der Waals surface area contributed by atoms with Gasteiger partial charge in [0, 0.05) is 6.20 Å². The van der Waals surface area contributed by atoms with Gasteiger partial charge in [0.05, 0.1) is 5.69 Å². The molecule has 0 bridgehead atoms. The van der Waals surface area contributed by atoms with Gasteiger partial charge < -0.3 is 0 Å². The van der Waals surface area contributed by atoms with Gasteiger partial charge >= 0.3 is 0 Å². The number of rotatable bonds is 2. The van der Waals surface area contributed by atoms with Crippen LogP contribution in [0.15, 0.2) is 48.7 Å². The molecule has 0 aliphatic heterocycles. The molecule has 0 atom stereocenters. The van der Waals surface area contributed by atoms with E-state index in [1.807, 2.05) is 0 Å². The van der Waals surface area contributed by atoms with Gasteiger partial charge in [0.2, 0.25) is 0 Å². The Hall–Kier alpha value is -2.27. The molecule has 4 nitrogen and oxygen atoms in total. The van der Waals surface area contributed by atoms with E-state index in [0.717, 1.165) is 5.69 Å². The standard InChI is InChI=1S/C13H8ClFN4/c14-13-6-5-11(16-17-13)12-7-8-19(18-12)10-3-1-9(15)2-4-10/h1-8H.